The summed E-state index contributed by atoms with van der Waals surface area (Å²) in [5.74, 6) is 0. The van der Waals surface area contributed by atoms with E-state index in [1.807, 2.05) is 0 Å². The van der Waals surface area contributed by atoms with Gasteiger partial charge in [0.1, 0.15) is 0 Å². The fourth-order valence-corrected chi connectivity index (χ4v) is 3.08. The summed E-state index contributed by atoms with van der Waals surface area (Å²) in [5, 5.41) is 0. The second-order valence-electron chi connectivity index (χ2n) is 2.46. The van der Waals surface area contributed by atoms with Crippen molar-refractivity contribution in [2.75, 3.05) is 13.1 Å². The zero-order chi connectivity index (χ0) is 6.69. The maximum absolute atomic E-state index is 3.63. The normalized spacial score (nSPS) is 32.0. The van der Waals surface area contributed by atoms with Crippen LogP contribution in [-0.4, -0.2) is 21.0 Å². The molecule has 1 nitrogen and oxygen atoms in total. The first-order chi connectivity index (χ1) is 4.29. The number of nitrogens with zero attached hydrogens (tertiary/aromatic N) is 1. The van der Waals surface area contributed by atoms with E-state index in [0.717, 1.165) is 4.83 Å². The predicted octanol–water partition coefficient (Wildman–Crippen LogP) is 2.59. The molecule has 1 aliphatic heterocycles. The maximum Gasteiger partial charge on any atom is 0.0281 e. The molecule has 1 atom stereocenters. The number of rotatable bonds is 0. The quantitative estimate of drug-likeness (QED) is 0.378. The number of alkyl halides is 1. The Hall–Kier alpha value is 1.17. The van der Waals surface area contributed by atoms with Crippen molar-refractivity contribution < 1.29 is 0 Å². The number of hydrogen-bond donors (Lipinski definition) is 0. The molecule has 1 saturated heterocycles. The van der Waals surface area contributed by atoms with Gasteiger partial charge in [0, 0.05) is 40.8 Å². The molecule has 9 heavy (non-hydrogen) atoms. The third kappa shape index (κ3) is 3.18. The zero-order valence-corrected chi connectivity index (χ0v) is 9.06. The van der Waals surface area contributed by atoms with E-state index >= 15 is 0 Å². The molecule has 3 heteroatoms. The Balaban J connectivity index is 2.29. The molecule has 0 radical (unpaired) electrons. The third-order valence-corrected chi connectivity index (χ3v) is 3.19. The summed E-state index contributed by atoms with van der Waals surface area (Å²) in [5.41, 5.74) is 0. The molecule has 0 amide bonds. The Labute approximate surface area is 78.8 Å². The van der Waals surface area contributed by atoms with Gasteiger partial charge in [-0.1, -0.05) is 22.4 Å². The fraction of sp³-hybridized carbons (Fsp3) is 1.00. The molecule has 0 N–H and O–H groups in total. The van der Waals surface area contributed by atoms with Crippen LogP contribution in [0.2, 0.25) is 0 Å². The van der Waals surface area contributed by atoms with E-state index < -0.39 is 0 Å². The Kier molecular flexibility index (Phi) is 3.80. The van der Waals surface area contributed by atoms with Crippen molar-refractivity contribution >= 4 is 38.8 Å². The number of halogens is 2. The van der Waals surface area contributed by atoms with Crippen LogP contribution in [0.4, 0.5) is 0 Å². The van der Waals surface area contributed by atoms with Crippen LogP contribution in [0.1, 0.15) is 19.3 Å². The average Bonchev–Trinajstić information content (AvgIpc) is 1.93. The SMILES string of the molecule is BrC1CCCCN(I)C1. The fourth-order valence-electron chi connectivity index (χ4n) is 1.05. The zero-order valence-electron chi connectivity index (χ0n) is 5.32. The van der Waals surface area contributed by atoms with E-state index in [1.165, 1.54) is 32.4 Å². The molecule has 0 aromatic rings. The summed E-state index contributed by atoms with van der Waals surface area (Å²) < 4.78 is 2.37. The Morgan fingerprint density at radius 2 is 2.22 bits per heavy atom. The van der Waals surface area contributed by atoms with Crippen LogP contribution in [0.3, 0.4) is 0 Å². The molecule has 1 rings (SSSR count). The first kappa shape index (κ1) is 8.27. The molecular weight excluding hydrogens is 293 g/mol. The second kappa shape index (κ2) is 4.13. The van der Waals surface area contributed by atoms with E-state index in [1.54, 1.807) is 0 Å². The van der Waals surface area contributed by atoms with Crippen molar-refractivity contribution in [2.24, 2.45) is 0 Å². The van der Waals surface area contributed by atoms with Crippen LogP contribution in [0, 0.1) is 0 Å². The molecule has 1 fully saturated rings. The summed E-state index contributed by atoms with van der Waals surface area (Å²) in [6.07, 6.45) is 4.10. The lowest BCUT2D eigenvalue weighted by molar-refractivity contribution is 0.535. The lowest BCUT2D eigenvalue weighted by Crippen LogP contribution is -2.17. The van der Waals surface area contributed by atoms with Crippen molar-refractivity contribution in [3.05, 3.63) is 0 Å². The van der Waals surface area contributed by atoms with Gasteiger partial charge in [0.25, 0.3) is 0 Å². The molecule has 0 aliphatic carbocycles. The van der Waals surface area contributed by atoms with Gasteiger partial charge in [0.15, 0.2) is 0 Å². The summed E-state index contributed by atoms with van der Waals surface area (Å²) in [6.45, 7) is 2.48. The van der Waals surface area contributed by atoms with Gasteiger partial charge in [0.2, 0.25) is 0 Å². The molecule has 0 aromatic carbocycles. The van der Waals surface area contributed by atoms with Crippen molar-refractivity contribution in [3.8, 4) is 0 Å². The van der Waals surface area contributed by atoms with Crippen LogP contribution in [0.15, 0.2) is 0 Å². The van der Waals surface area contributed by atoms with Gasteiger partial charge in [-0.05, 0) is 12.8 Å². The highest BCUT2D eigenvalue weighted by molar-refractivity contribution is 14.1. The molecule has 54 valence electrons. The minimum Gasteiger partial charge on any atom is -0.246 e. The van der Waals surface area contributed by atoms with Crippen molar-refractivity contribution in [2.45, 2.75) is 24.1 Å². The van der Waals surface area contributed by atoms with Crippen LogP contribution in [0.5, 0.6) is 0 Å². The van der Waals surface area contributed by atoms with Gasteiger partial charge >= 0.3 is 0 Å². The second-order valence-corrected chi connectivity index (χ2v) is 5.12. The summed E-state index contributed by atoms with van der Waals surface area (Å²) in [4.78, 5) is 0.733. The molecule has 1 aliphatic rings. The van der Waals surface area contributed by atoms with Gasteiger partial charge < -0.3 is 0 Å². The van der Waals surface area contributed by atoms with Gasteiger partial charge in [-0.3, -0.25) is 0 Å². The first-order valence-electron chi connectivity index (χ1n) is 3.34. The largest absolute Gasteiger partial charge is 0.246 e. The maximum atomic E-state index is 3.63. The van der Waals surface area contributed by atoms with Crippen molar-refractivity contribution in [1.82, 2.24) is 3.11 Å². The molecule has 1 heterocycles. The van der Waals surface area contributed by atoms with Crippen LogP contribution in [0.25, 0.3) is 0 Å². The minimum atomic E-state index is 0.733. The molecule has 0 saturated carbocycles. The summed E-state index contributed by atoms with van der Waals surface area (Å²) >= 11 is 6.03. The topological polar surface area (TPSA) is 3.24 Å². The van der Waals surface area contributed by atoms with E-state index in [9.17, 15) is 0 Å². The Morgan fingerprint density at radius 1 is 1.44 bits per heavy atom. The average molecular weight is 304 g/mol. The Morgan fingerprint density at radius 3 is 3.00 bits per heavy atom. The lowest BCUT2D eigenvalue weighted by atomic mass is 10.2. The highest BCUT2D eigenvalue weighted by Crippen LogP contribution is 2.18. The van der Waals surface area contributed by atoms with Gasteiger partial charge in [0.05, 0.1) is 0 Å². The van der Waals surface area contributed by atoms with Gasteiger partial charge in [-0.15, -0.1) is 0 Å². The Bertz CT molecular complexity index is 79.1. The lowest BCUT2D eigenvalue weighted by Gasteiger charge is -2.11. The van der Waals surface area contributed by atoms with Gasteiger partial charge in [-0.2, -0.15) is 0 Å². The van der Waals surface area contributed by atoms with Crippen LogP contribution in [-0.2, 0) is 0 Å². The third-order valence-electron chi connectivity index (χ3n) is 1.56. The first-order valence-corrected chi connectivity index (χ1v) is 5.22. The van der Waals surface area contributed by atoms with Crippen molar-refractivity contribution in [3.63, 3.8) is 0 Å². The predicted molar refractivity (Wildman–Crippen MR) is 52.2 cm³/mol. The van der Waals surface area contributed by atoms with Crippen molar-refractivity contribution in [1.29, 1.82) is 0 Å². The molecule has 0 aromatic heterocycles. The van der Waals surface area contributed by atoms with Crippen LogP contribution >= 0.6 is 38.8 Å². The summed E-state index contributed by atoms with van der Waals surface area (Å²) in [7, 11) is 0. The highest BCUT2D eigenvalue weighted by Gasteiger charge is 2.12. The minimum absolute atomic E-state index is 0.733. The standard InChI is InChI=1S/C6H11BrIN/c7-6-3-1-2-4-9(8)5-6/h6H,1-5H2. The van der Waals surface area contributed by atoms with E-state index in [4.69, 9.17) is 0 Å². The van der Waals surface area contributed by atoms with E-state index in [2.05, 4.69) is 41.9 Å². The number of hydrogen-bond acceptors (Lipinski definition) is 1. The van der Waals surface area contributed by atoms with Gasteiger partial charge in [-0.25, -0.2) is 3.11 Å². The monoisotopic (exact) mass is 303 g/mol. The highest BCUT2D eigenvalue weighted by atomic mass is 127. The summed E-state index contributed by atoms with van der Waals surface area (Å²) in [6, 6.07) is 0. The van der Waals surface area contributed by atoms with E-state index in [-0.39, 0.29) is 0 Å². The molecular formula is C6H11BrIN. The smallest absolute Gasteiger partial charge is 0.0281 e. The van der Waals surface area contributed by atoms with E-state index in [0.29, 0.717) is 0 Å². The molecule has 1 unspecified atom stereocenters. The molecule has 0 spiro atoms. The molecule has 0 bridgehead atoms. The van der Waals surface area contributed by atoms with Crippen LogP contribution < -0.4 is 0 Å².